The lowest BCUT2D eigenvalue weighted by Gasteiger charge is -2.25. The highest BCUT2D eigenvalue weighted by molar-refractivity contribution is 5.89. The molecule has 0 unspecified atom stereocenters. The number of phenolic OH excluding ortho intramolecular Hbond substituents is 1. The minimum absolute atomic E-state index is 0.0572. The van der Waals surface area contributed by atoms with Gasteiger partial charge in [-0.2, -0.15) is 5.10 Å². The standard InChI is InChI=1S/C16H20N4O2/c1-2-19-11-13(10-17-19)18-16(22)20-9-3-4-15(20)12-5-7-14(21)8-6-12/h5-8,10-11,15,21H,2-4,9H2,1H3,(H,18,22)/t15-/m0/s1. The van der Waals surface area contributed by atoms with Gasteiger partial charge in [-0.05, 0) is 37.5 Å². The van der Waals surface area contributed by atoms with Crippen molar-refractivity contribution >= 4 is 11.7 Å². The zero-order valence-corrected chi connectivity index (χ0v) is 12.6. The van der Waals surface area contributed by atoms with Crippen molar-refractivity contribution in [1.29, 1.82) is 0 Å². The number of phenols is 1. The van der Waals surface area contributed by atoms with E-state index < -0.39 is 0 Å². The Hall–Kier alpha value is -2.50. The van der Waals surface area contributed by atoms with Gasteiger partial charge in [-0.1, -0.05) is 12.1 Å². The van der Waals surface area contributed by atoms with Crippen molar-refractivity contribution in [3.63, 3.8) is 0 Å². The van der Waals surface area contributed by atoms with Crippen LogP contribution in [0.2, 0.25) is 0 Å². The largest absolute Gasteiger partial charge is 0.508 e. The quantitative estimate of drug-likeness (QED) is 0.915. The summed E-state index contributed by atoms with van der Waals surface area (Å²) < 4.78 is 1.77. The lowest BCUT2D eigenvalue weighted by molar-refractivity contribution is 0.207. The molecule has 6 nitrogen and oxygen atoms in total. The number of urea groups is 1. The molecule has 0 saturated carbocycles. The highest BCUT2D eigenvalue weighted by atomic mass is 16.3. The van der Waals surface area contributed by atoms with Crippen molar-refractivity contribution < 1.29 is 9.90 Å². The fraction of sp³-hybridized carbons (Fsp3) is 0.375. The number of hydrogen-bond acceptors (Lipinski definition) is 3. The van der Waals surface area contributed by atoms with Crippen LogP contribution in [0, 0.1) is 0 Å². The van der Waals surface area contributed by atoms with Crippen LogP contribution in [-0.2, 0) is 6.54 Å². The monoisotopic (exact) mass is 300 g/mol. The molecule has 0 bridgehead atoms. The van der Waals surface area contributed by atoms with Crippen LogP contribution in [0.3, 0.4) is 0 Å². The Balaban J connectivity index is 1.72. The Labute approximate surface area is 129 Å². The van der Waals surface area contributed by atoms with Gasteiger partial charge in [-0.25, -0.2) is 4.79 Å². The number of rotatable bonds is 3. The number of aromatic nitrogens is 2. The summed E-state index contributed by atoms with van der Waals surface area (Å²) in [6, 6.07) is 7.03. The molecule has 1 atom stereocenters. The maximum absolute atomic E-state index is 12.5. The van der Waals surface area contributed by atoms with Gasteiger partial charge in [-0.3, -0.25) is 4.68 Å². The summed E-state index contributed by atoms with van der Waals surface area (Å²) in [7, 11) is 0. The molecule has 1 fully saturated rings. The van der Waals surface area contributed by atoms with Gasteiger partial charge < -0.3 is 15.3 Å². The van der Waals surface area contributed by atoms with E-state index >= 15 is 0 Å². The summed E-state index contributed by atoms with van der Waals surface area (Å²) in [5.41, 5.74) is 1.76. The smallest absolute Gasteiger partial charge is 0.322 e. The maximum atomic E-state index is 12.5. The fourth-order valence-electron chi connectivity index (χ4n) is 2.85. The fourth-order valence-corrected chi connectivity index (χ4v) is 2.85. The van der Waals surface area contributed by atoms with Crippen molar-refractivity contribution in [1.82, 2.24) is 14.7 Å². The lowest BCUT2D eigenvalue weighted by atomic mass is 10.0. The molecule has 1 aromatic heterocycles. The first-order valence-corrected chi connectivity index (χ1v) is 7.56. The van der Waals surface area contributed by atoms with E-state index in [0.717, 1.165) is 31.5 Å². The van der Waals surface area contributed by atoms with Crippen LogP contribution in [0.5, 0.6) is 5.75 Å². The van der Waals surface area contributed by atoms with E-state index in [1.54, 1.807) is 23.0 Å². The molecule has 1 aliphatic rings. The first-order valence-electron chi connectivity index (χ1n) is 7.56. The van der Waals surface area contributed by atoms with Crippen LogP contribution < -0.4 is 5.32 Å². The number of benzene rings is 1. The Bertz CT molecular complexity index is 650. The SMILES string of the molecule is CCn1cc(NC(=O)N2CCC[C@H]2c2ccc(O)cc2)cn1. The molecule has 6 heteroatoms. The molecule has 1 aliphatic heterocycles. The molecule has 0 aliphatic carbocycles. The Kier molecular flexibility index (Phi) is 4.00. The summed E-state index contributed by atoms with van der Waals surface area (Å²) in [4.78, 5) is 14.3. The molecule has 0 radical (unpaired) electrons. The molecule has 116 valence electrons. The van der Waals surface area contributed by atoms with E-state index in [2.05, 4.69) is 10.4 Å². The Morgan fingerprint density at radius 1 is 1.41 bits per heavy atom. The van der Waals surface area contributed by atoms with Crippen LogP contribution in [0.1, 0.15) is 31.4 Å². The van der Waals surface area contributed by atoms with E-state index in [9.17, 15) is 9.90 Å². The molecular weight excluding hydrogens is 280 g/mol. The predicted octanol–water partition coefficient (Wildman–Crippen LogP) is 2.98. The van der Waals surface area contributed by atoms with E-state index in [1.165, 1.54) is 0 Å². The molecule has 2 heterocycles. The summed E-state index contributed by atoms with van der Waals surface area (Å²) in [5, 5.41) is 16.5. The summed E-state index contributed by atoms with van der Waals surface area (Å²) in [5.74, 6) is 0.240. The van der Waals surface area contributed by atoms with Crippen molar-refractivity contribution in [3.05, 3.63) is 42.2 Å². The molecule has 1 saturated heterocycles. The number of anilines is 1. The average molecular weight is 300 g/mol. The molecule has 22 heavy (non-hydrogen) atoms. The maximum Gasteiger partial charge on any atom is 0.322 e. The minimum Gasteiger partial charge on any atom is -0.508 e. The third-order valence-electron chi connectivity index (χ3n) is 4.00. The normalized spacial score (nSPS) is 17.7. The second-order valence-electron chi connectivity index (χ2n) is 5.46. The van der Waals surface area contributed by atoms with Gasteiger partial charge >= 0.3 is 6.03 Å². The number of aryl methyl sites for hydroxylation is 1. The van der Waals surface area contributed by atoms with Gasteiger partial charge in [0.1, 0.15) is 5.75 Å². The highest BCUT2D eigenvalue weighted by Crippen LogP contribution is 2.33. The molecule has 2 amide bonds. The van der Waals surface area contributed by atoms with E-state index in [0.29, 0.717) is 5.69 Å². The molecule has 1 aromatic carbocycles. The van der Waals surface area contributed by atoms with E-state index in [4.69, 9.17) is 0 Å². The molecule has 0 spiro atoms. The number of carbonyl (C=O) groups is 1. The molecular formula is C16H20N4O2. The second-order valence-corrected chi connectivity index (χ2v) is 5.46. The van der Waals surface area contributed by atoms with Crippen molar-refractivity contribution in [2.24, 2.45) is 0 Å². The number of carbonyl (C=O) groups excluding carboxylic acids is 1. The van der Waals surface area contributed by atoms with Crippen molar-refractivity contribution in [3.8, 4) is 5.75 Å². The summed E-state index contributed by atoms with van der Waals surface area (Å²) >= 11 is 0. The number of aromatic hydroxyl groups is 1. The molecule has 2 aromatic rings. The average Bonchev–Trinajstić information content (AvgIpc) is 3.16. The van der Waals surface area contributed by atoms with Crippen molar-refractivity contribution in [2.45, 2.75) is 32.4 Å². The zero-order valence-electron chi connectivity index (χ0n) is 12.6. The lowest BCUT2D eigenvalue weighted by Crippen LogP contribution is -2.34. The van der Waals surface area contributed by atoms with Crippen LogP contribution in [0.15, 0.2) is 36.7 Å². The number of nitrogens with one attached hydrogen (secondary N) is 1. The van der Waals surface area contributed by atoms with Gasteiger partial charge in [0.15, 0.2) is 0 Å². The van der Waals surface area contributed by atoms with Gasteiger partial charge in [0.05, 0.1) is 17.9 Å². The first kappa shape index (κ1) is 14.4. The highest BCUT2D eigenvalue weighted by Gasteiger charge is 2.30. The number of likely N-dealkylation sites (tertiary alicyclic amines) is 1. The topological polar surface area (TPSA) is 70.4 Å². The van der Waals surface area contributed by atoms with Gasteiger partial charge in [0.25, 0.3) is 0 Å². The van der Waals surface area contributed by atoms with Crippen LogP contribution in [0.25, 0.3) is 0 Å². The Morgan fingerprint density at radius 3 is 2.86 bits per heavy atom. The summed E-state index contributed by atoms with van der Waals surface area (Å²) in [6.07, 6.45) is 5.40. The molecule has 2 N–H and O–H groups in total. The second kappa shape index (κ2) is 6.09. The third-order valence-corrected chi connectivity index (χ3v) is 4.00. The van der Waals surface area contributed by atoms with Crippen LogP contribution >= 0.6 is 0 Å². The molecule has 3 rings (SSSR count). The van der Waals surface area contributed by atoms with Gasteiger partial charge in [0.2, 0.25) is 0 Å². The van der Waals surface area contributed by atoms with Crippen LogP contribution in [-0.4, -0.2) is 32.4 Å². The predicted molar refractivity (Wildman–Crippen MR) is 83.7 cm³/mol. The summed E-state index contributed by atoms with van der Waals surface area (Å²) in [6.45, 7) is 3.51. The zero-order chi connectivity index (χ0) is 15.5. The number of nitrogens with zero attached hydrogens (tertiary/aromatic N) is 3. The van der Waals surface area contributed by atoms with E-state index in [-0.39, 0.29) is 17.8 Å². The van der Waals surface area contributed by atoms with Gasteiger partial charge in [0, 0.05) is 19.3 Å². The first-order chi connectivity index (χ1) is 10.7. The van der Waals surface area contributed by atoms with Gasteiger partial charge in [-0.15, -0.1) is 0 Å². The Morgan fingerprint density at radius 2 is 2.18 bits per heavy atom. The number of hydrogen-bond donors (Lipinski definition) is 2. The van der Waals surface area contributed by atoms with Crippen molar-refractivity contribution in [2.75, 3.05) is 11.9 Å². The minimum atomic E-state index is -0.105. The number of amides is 2. The third kappa shape index (κ3) is 2.90. The van der Waals surface area contributed by atoms with E-state index in [1.807, 2.05) is 30.2 Å². The van der Waals surface area contributed by atoms with Crippen LogP contribution in [0.4, 0.5) is 10.5 Å².